The zero-order chi connectivity index (χ0) is 15.8. The molecule has 0 N–H and O–H groups in total. The maximum Gasteiger partial charge on any atom is 0.203 e. The zero-order valence-electron chi connectivity index (χ0n) is 13.6. The Bertz CT molecular complexity index is 416. The monoisotopic (exact) mass is 416 g/mol. The molecule has 0 unspecified atom stereocenters. The summed E-state index contributed by atoms with van der Waals surface area (Å²) in [5, 5.41) is 0. The smallest absolute Gasteiger partial charge is 0.203 e. The second-order valence-corrected chi connectivity index (χ2v) is 12.8. The number of rotatable bonds is 5. The molecule has 0 spiro atoms. The highest BCUT2D eigenvalue weighted by Gasteiger charge is 2.43. The quantitative estimate of drug-likeness (QED) is 0.511. The Kier molecular flexibility index (Phi) is 5.95. The van der Waals surface area contributed by atoms with Gasteiger partial charge in [-0.3, -0.25) is 4.90 Å². The van der Waals surface area contributed by atoms with Crippen molar-refractivity contribution >= 4 is 28.2 Å². The van der Waals surface area contributed by atoms with Crippen molar-refractivity contribution in [3.8, 4) is 0 Å². The molecule has 0 atom stereocenters. The molecule has 1 aliphatic rings. The van der Waals surface area contributed by atoms with Gasteiger partial charge in [-0.1, -0.05) is 0 Å². The minimum atomic E-state index is -2.87. The molecule has 0 aliphatic carbocycles. The highest BCUT2D eigenvalue weighted by molar-refractivity contribution is 14.2. The molecular formula is C14H29IN2O2S. The fourth-order valence-corrected chi connectivity index (χ4v) is 4.71. The molecule has 0 amide bonds. The molecule has 20 heavy (non-hydrogen) atoms. The van der Waals surface area contributed by atoms with Crippen LogP contribution in [0.1, 0.15) is 47.0 Å². The molecule has 0 radical (unpaired) electrons. The van der Waals surface area contributed by atoms with Gasteiger partial charge in [0.25, 0.3) is 0 Å². The number of hydrogen-bond acceptors (Lipinski definition) is 4. The minimum Gasteiger partial charge on any atom is -0.303 e. The van der Waals surface area contributed by atoms with E-state index in [2.05, 4.69) is 51.6 Å². The lowest BCUT2D eigenvalue weighted by Crippen LogP contribution is -2.62. The summed E-state index contributed by atoms with van der Waals surface area (Å²) in [6.45, 7) is 10.0. The average Bonchev–Trinajstić information content (AvgIpc) is 2.23. The van der Waals surface area contributed by atoms with Crippen molar-refractivity contribution in [3.63, 3.8) is 0 Å². The lowest BCUT2D eigenvalue weighted by Gasteiger charge is -2.55. The molecule has 120 valence electrons. The second-order valence-electron chi connectivity index (χ2n) is 7.32. The first kappa shape index (κ1) is 18.6. The van der Waals surface area contributed by atoms with E-state index in [0.717, 1.165) is 25.8 Å². The van der Waals surface area contributed by atoms with Crippen LogP contribution in [0.25, 0.3) is 0 Å². The standard InChI is InChI=1S/C14H29IN2O2S/c1-13(2)10-12(11-14(3,4)17(13)6)16(5)8-7-9-20(15,18)19/h12H,7-11H2,1-6H3. The van der Waals surface area contributed by atoms with Gasteiger partial charge in [0, 0.05) is 17.1 Å². The first-order chi connectivity index (χ1) is 8.85. The molecule has 0 aromatic carbocycles. The summed E-state index contributed by atoms with van der Waals surface area (Å²) in [5.41, 5.74) is 0.353. The van der Waals surface area contributed by atoms with Crippen LogP contribution in [-0.2, 0) is 7.01 Å². The highest BCUT2D eigenvalue weighted by atomic mass is 127. The maximum atomic E-state index is 11.2. The van der Waals surface area contributed by atoms with Crippen LogP contribution in [0, 0.1) is 0 Å². The molecule has 1 heterocycles. The van der Waals surface area contributed by atoms with Crippen LogP contribution in [0.2, 0.25) is 0 Å². The molecule has 0 bridgehead atoms. The molecule has 1 fully saturated rings. The van der Waals surface area contributed by atoms with Crippen LogP contribution in [0.3, 0.4) is 0 Å². The van der Waals surface area contributed by atoms with E-state index in [1.807, 2.05) is 0 Å². The van der Waals surface area contributed by atoms with Crippen molar-refractivity contribution in [1.29, 1.82) is 0 Å². The largest absolute Gasteiger partial charge is 0.303 e. The van der Waals surface area contributed by atoms with E-state index in [4.69, 9.17) is 0 Å². The van der Waals surface area contributed by atoms with Crippen LogP contribution in [0.4, 0.5) is 0 Å². The first-order valence-electron chi connectivity index (χ1n) is 7.22. The van der Waals surface area contributed by atoms with E-state index in [1.165, 1.54) is 21.2 Å². The van der Waals surface area contributed by atoms with Crippen LogP contribution >= 0.6 is 21.2 Å². The summed E-state index contributed by atoms with van der Waals surface area (Å²) in [5.74, 6) is 0.275. The number of nitrogens with zero attached hydrogens (tertiary/aromatic N) is 2. The van der Waals surface area contributed by atoms with Crippen LogP contribution in [-0.4, -0.2) is 61.7 Å². The minimum absolute atomic E-state index is 0.177. The molecule has 1 aliphatic heterocycles. The van der Waals surface area contributed by atoms with Crippen molar-refractivity contribution in [2.24, 2.45) is 0 Å². The van der Waals surface area contributed by atoms with E-state index < -0.39 is 7.01 Å². The molecule has 0 aromatic rings. The van der Waals surface area contributed by atoms with Crippen LogP contribution < -0.4 is 0 Å². The van der Waals surface area contributed by atoms with Gasteiger partial charge in [-0.2, -0.15) is 0 Å². The second kappa shape index (κ2) is 6.38. The van der Waals surface area contributed by atoms with Crippen molar-refractivity contribution in [3.05, 3.63) is 0 Å². The van der Waals surface area contributed by atoms with Crippen molar-refractivity contribution in [1.82, 2.24) is 9.80 Å². The number of likely N-dealkylation sites (tertiary alicyclic amines) is 1. The lowest BCUT2D eigenvalue weighted by atomic mass is 9.77. The first-order valence-corrected chi connectivity index (χ1v) is 11.4. The maximum absolute atomic E-state index is 11.2. The van der Waals surface area contributed by atoms with Crippen molar-refractivity contribution in [2.75, 3.05) is 26.4 Å². The van der Waals surface area contributed by atoms with Crippen molar-refractivity contribution in [2.45, 2.75) is 64.1 Å². The molecular weight excluding hydrogens is 387 g/mol. The van der Waals surface area contributed by atoms with Gasteiger partial charge in [-0.05, 0) is 67.6 Å². The van der Waals surface area contributed by atoms with E-state index in [-0.39, 0.29) is 16.8 Å². The average molecular weight is 416 g/mol. The third-order valence-electron chi connectivity index (χ3n) is 4.81. The molecule has 4 nitrogen and oxygen atoms in total. The SMILES string of the molecule is CN(CCCS(=O)(=O)I)C1CC(C)(C)N(C)C(C)(C)C1. The zero-order valence-corrected chi connectivity index (χ0v) is 16.6. The summed E-state index contributed by atoms with van der Waals surface area (Å²) in [4.78, 5) is 4.82. The van der Waals surface area contributed by atoms with E-state index >= 15 is 0 Å². The summed E-state index contributed by atoms with van der Waals surface area (Å²) in [6.07, 6.45) is 2.97. The third-order valence-corrected chi connectivity index (χ3v) is 6.91. The Morgan fingerprint density at radius 2 is 1.65 bits per heavy atom. The molecule has 1 saturated heterocycles. The summed E-state index contributed by atoms with van der Waals surface area (Å²) in [7, 11) is 1.46. The van der Waals surface area contributed by atoms with Gasteiger partial charge in [-0.25, -0.2) is 8.42 Å². The van der Waals surface area contributed by atoms with Crippen molar-refractivity contribution < 1.29 is 8.42 Å². The topological polar surface area (TPSA) is 40.6 Å². The fourth-order valence-electron chi connectivity index (χ4n) is 3.30. The number of hydrogen-bond donors (Lipinski definition) is 0. The van der Waals surface area contributed by atoms with Crippen LogP contribution in [0.15, 0.2) is 0 Å². The Morgan fingerprint density at radius 3 is 2.05 bits per heavy atom. The molecule has 0 aromatic heterocycles. The Morgan fingerprint density at radius 1 is 1.20 bits per heavy atom. The van der Waals surface area contributed by atoms with Gasteiger partial charge in [0.05, 0.1) is 27.0 Å². The van der Waals surface area contributed by atoms with Gasteiger partial charge in [-0.15, -0.1) is 0 Å². The molecule has 6 heteroatoms. The Hall–Kier alpha value is 0.600. The van der Waals surface area contributed by atoms with Gasteiger partial charge >= 0.3 is 0 Å². The van der Waals surface area contributed by atoms with Gasteiger partial charge in [0.15, 0.2) is 0 Å². The fraction of sp³-hybridized carbons (Fsp3) is 1.00. The van der Waals surface area contributed by atoms with E-state index in [9.17, 15) is 8.42 Å². The van der Waals surface area contributed by atoms with Gasteiger partial charge in [0.1, 0.15) is 0 Å². The molecule has 0 saturated carbocycles. The number of halogens is 1. The van der Waals surface area contributed by atoms with Gasteiger partial charge in [0.2, 0.25) is 7.01 Å². The predicted molar refractivity (Wildman–Crippen MR) is 94.0 cm³/mol. The summed E-state index contributed by atoms with van der Waals surface area (Å²) in [6, 6.07) is 0.521. The summed E-state index contributed by atoms with van der Waals surface area (Å²) >= 11 is 1.54. The Labute approximate surface area is 136 Å². The number of piperidine rings is 1. The van der Waals surface area contributed by atoms with E-state index in [0.29, 0.717) is 6.04 Å². The molecule has 1 rings (SSSR count). The Balaban J connectivity index is 2.63. The van der Waals surface area contributed by atoms with Crippen LogP contribution in [0.5, 0.6) is 0 Å². The van der Waals surface area contributed by atoms with E-state index in [1.54, 1.807) is 0 Å². The van der Waals surface area contributed by atoms with Gasteiger partial charge < -0.3 is 4.90 Å². The highest BCUT2D eigenvalue weighted by Crippen LogP contribution is 2.38. The summed E-state index contributed by atoms with van der Waals surface area (Å²) < 4.78 is 22.4. The lowest BCUT2D eigenvalue weighted by molar-refractivity contribution is -0.0423. The third kappa shape index (κ3) is 5.10. The normalized spacial score (nSPS) is 24.2. The predicted octanol–water partition coefficient (Wildman–Crippen LogP) is 2.72.